The van der Waals surface area contributed by atoms with Gasteiger partial charge in [0, 0.05) is 25.4 Å². The molecule has 0 fully saturated rings. The molecule has 0 spiro atoms. The van der Waals surface area contributed by atoms with Crippen LogP contribution in [0.3, 0.4) is 0 Å². The highest BCUT2D eigenvalue weighted by molar-refractivity contribution is 5.62. The molecule has 0 radical (unpaired) electrons. The summed E-state index contributed by atoms with van der Waals surface area (Å²) in [5.41, 5.74) is 3.54. The molecule has 0 aliphatic carbocycles. The molecule has 0 aliphatic rings. The molecule has 1 aromatic carbocycles. The summed E-state index contributed by atoms with van der Waals surface area (Å²) in [6.45, 7) is 4.51. The molecule has 2 rings (SSSR count). The molecule has 19 heavy (non-hydrogen) atoms. The number of aromatic nitrogens is 2. The Morgan fingerprint density at radius 3 is 2.68 bits per heavy atom. The molecule has 100 valence electrons. The molecule has 0 saturated heterocycles. The third-order valence-corrected chi connectivity index (χ3v) is 3.23. The van der Waals surface area contributed by atoms with E-state index < -0.39 is 0 Å². The van der Waals surface area contributed by atoms with Gasteiger partial charge < -0.3 is 9.88 Å². The van der Waals surface area contributed by atoms with E-state index in [4.69, 9.17) is 0 Å². The molecule has 1 aromatic heterocycles. The van der Waals surface area contributed by atoms with Crippen molar-refractivity contribution in [3.8, 4) is 0 Å². The Labute approximate surface area is 111 Å². The summed E-state index contributed by atoms with van der Waals surface area (Å²) in [5.74, 6) is 0. The minimum Gasteiger partial charge on any atom is -0.383 e. The molecule has 0 atom stereocenters. The van der Waals surface area contributed by atoms with Crippen molar-refractivity contribution in [2.75, 3.05) is 12.4 Å². The lowest BCUT2D eigenvalue weighted by molar-refractivity contribution is -0.384. The summed E-state index contributed by atoms with van der Waals surface area (Å²) in [5, 5.41) is 13.8. The van der Waals surface area contributed by atoms with Crippen LogP contribution in [-0.4, -0.2) is 21.5 Å². The molecule has 0 amide bonds. The van der Waals surface area contributed by atoms with E-state index in [1.165, 1.54) is 0 Å². The van der Waals surface area contributed by atoms with Crippen LogP contribution in [-0.2, 0) is 6.54 Å². The zero-order valence-corrected chi connectivity index (χ0v) is 11.2. The second kappa shape index (κ2) is 5.09. The molecule has 6 heteroatoms. The van der Waals surface area contributed by atoms with Crippen molar-refractivity contribution in [3.63, 3.8) is 0 Å². The van der Waals surface area contributed by atoms with Crippen LogP contribution >= 0.6 is 0 Å². The first-order valence-electron chi connectivity index (χ1n) is 5.96. The Bertz CT molecular complexity index is 619. The maximum absolute atomic E-state index is 11.0. The number of aryl methyl sites for hydroxylation is 1. The molecule has 6 nitrogen and oxygen atoms in total. The third kappa shape index (κ3) is 2.57. The lowest BCUT2D eigenvalue weighted by Crippen LogP contribution is -2.03. The van der Waals surface area contributed by atoms with Gasteiger partial charge in [-0.15, -0.1) is 0 Å². The van der Waals surface area contributed by atoms with Crippen LogP contribution in [0.25, 0.3) is 0 Å². The molecule has 1 heterocycles. The van der Waals surface area contributed by atoms with Crippen molar-refractivity contribution in [2.45, 2.75) is 20.4 Å². The van der Waals surface area contributed by atoms with Gasteiger partial charge in [-0.3, -0.25) is 10.1 Å². The highest BCUT2D eigenvalue weighted by atomic mass is 16.6. The number of imidazole rings is 1. The summed E-state index contributed by atoms with van der Waals surface area (Å²) in [6.07, 6.45) is 1.75. The topological polar surface area (TPSA) is 73.0 Å². The van der Waals surface area contributed by atoms with Gasteiger partial charge in [0.2, 0.25) is 0 Å². The van der Waals surface area contributed by atoms with Gasteiger partial charge in [0.25, 0.3) is 5.69 Å². The minimum atomic E-state index is -0.374. The summed E-state index contributed by atoms with van der Waals surface area (Å²) < 4.78 is 1.98. The number of nitrogens with zero attached hydrogens (tertiary/aromatic N) is 3. The first kappa shape index (κ1) is 13.1. The molecular formula is C13H16N4O2. The normalized spacial score (nSPS) is 10.5. The fourth-order valence-electron chi connectivity index (χ4n) is 1.94. The lowest BCUT2D eigenvalue weighted by atomic mass is 10.1. The Kier molecular flexibility index (Phi) is 3.50. The highest BCUT2D eigenvalue weighted by Crippen LogP contribution is 2.25. The van der Waals surface area contributed by atoms with Crippen molar-refractivity contribution in [2.24, 2.45) is 0 Å². The Balaban J connectivity index is 2.34. The molecule has 2 aromatic rings. The monoisotopic (exact) mass is 260 g/mol. The summed E-state index contributed by atoms with van der Waals surface area (Å²) in [7, 11) is 1.67. The third-order valence-electron chi connectivity index (χ3n) is 3.23. The SMILES string of the molecule is CNc1ccc(Cn2cnc(C)c2C)cc1[N+](=O)[O-]. The van der Waals surface area contributed by atoms with Crippen LogP contribution in [0.4, 0.5) is 11.4 Å². The summed E-state index contributed by atoms with van der Waals surface area (Å²) in [4.78, 5) is 14.8. The van der Waals surface area contributed by atoms with E-state index in [9.17, 15) is 10.1 Å². The average Bonchev–Trinajstić information content (AvgIpc) is 2.70. The van der Waals surface area contributed by atoms with Gasteiger partial charge in [0.1, 0.15) is 5.69 Å². The van der Waals surface area contributed by atoms with Gasteiger partial charge in [-0.1, -0.05) is 6.07 Å². The summed E-state index contributed by atoms with van der Waals surface area (Å²) in [6, 6.07) is 5.21. The van der Waals surface area contributed by atoms with Crippen molar-refractivity contribution < 1.29 is 4.92 Å². The van der Waals surface area contributed by atoms with E-state index >= 15 is 0 Å². The standard InChI is InChI=1S/C13H16N4O2/c1-9-10(2)16(8-15-9)7-11-4-5-12(14-3)13(6-11)17(18)19/h4-6,8,14H,7H2,1-3H3. The van der Waals surface area contributed by atoms with Gasteiger partial charge in [-0.05, 0) is 25.5 Å². The lowest BCUT2D eigenvalue weighted by Gasteiger charge is -2.08. The fourth-order valence-corrected chi connectivity index (χ4v) is 1.94. The predicted molar refractivity (Wildman–Crippen MR) is 73.4 cm³/mol. The zero-order valence-electron chi connectivity index (χ0n) is 11.2. The maximum Gasteiger partial charge on any atom is 0.292 e. The number of benzene rings is 1. The van der Waals surface area contributed by atoms with Gasteiger partial charge in [0.05, 0.1) is 16.9 Å². The number of nitro groups is 1. The number of hydrogen-bond acceptors (Lipinski definition) is 4. The maximum atomic E-state index is 11.0. The van der Waals surface area contributed by atoms with E-state index in [1.54, 1.807) is 25.5 Å². The van der Waals surface area contributed by atoms with Crippen LogP contribution in [0.1, 0.15) is 17.0 Å². The summed E-state index contributed by atoms with van der Waals surface area (Å²) >= 11 is 0. The number of anilines is 1. The highest BCUT2D eigenvalue weighted by Gasteiger charge is 2.14. The molecule has 0 bridgehead atoms. The first-order chi connectivity index (χ1) is 9.02. The van der Waals surface area contributed by atoms with Crippen LogP contribution < -0.4 is 5.32 Å². The van der Waals surface area contributed by atoms with Gasteiger partial charge in [0.15, 0.2) is 0 Å². The number of nitro benzene ring substituents is 1. The van der Waals surface area contributed by atoms with E-state index in [0.717, 1.165) is 17.0 Å². The molecule has 1 N–H and O–H groups in total. The molecule has 0 saturated carbocycles. The van der Waals surface area contributed by atoms with E-state index in [1.807, 2.05) is 24.5 Å². The molecular weight excluding hydrogens is 244 g/mol. The molecule has 0 aliphatic heterocycles. The number of rotatable bonds is 4. The van der Waals surface area contributed by atoms with Crippen LogP contribution in [0, 0.1) is 24.0 Å². The van der Waals surface area contributed by atoms with Crippen LogP contribution in [0.2, 0.25) is 0 Å². The van der Waals surface area contributed by atoms with E-state index in [0.29, 0.717) is 12.2 Å². The van der Waals surface area contributed by atoms with E-state index in [-0.39, 0.29) is 10.6 Å². The largest absolute Gasteiger partial charge is 0.383 e. The fraction of sp³-hybridized carbons (Fsp3) is 0.308. The van der Waals surface area contributed by atoms with Crippen molar-refractivity contribution in [1.82, 2.24) is 9.55 Å². The van der Waals surface area contributed by atoms with Crippen LogP contribution in [0.15, 0.2) is 24.5 Å². The minimum absolute atomic E-state index is 0.0921. The number of nitrogens with one attached hydrogen (secondary N) is 1. The Morgan fingerprint density at radius 1 is 1.42 bits per heavy atom. The second-order valence-corrected chi connectivity index (χ2v) is 4.40. The smallest absolute Gasteiger partial charge is 0.292 e. The van der Waals surface area contributed by atoms with Gasteiger partial charge >= 0.3 is 0 Å². The van der Waals surface area contributed by atoms with Crippen molar-refractivity contribution in [3.05, 3.63) is 51.6 Å². The molecule has 0 unspecified atom stereocenters. The second-order valence-electron chi connectivity index (χ2n) is 4.40. The van der Waals surface area contributed by atoms with Crippen molar-refractivity contribution in [1.29, 1.82) is 0 Å². The Morgan fingerprint density at radius 2 is 2.16 bits per heavy atom. The first-order valence-corrected chi connectivity index (χ1v) is 5.96. The van der Waals surface area contributed by atoms with Gasteiger partial charge in [-0.2, -0.15) is 0 Å². The Hall–Kier alpha value is -2.37. The van der Waals surface area contributed by atoms with Crippen molar-refractivity contribution >= 4 is 11.4 Å². The van der Waals surface area contributed by atoms with E-state index in [2.05, 4.69) is 10.3 Å². The number of hydrogen-bond donors (Lipinski definition) is 1. The van der Waals surface area contributed by atoms with Gasteiger partial charge in [-0.25, -0.2) is 4.98 Å². The zero-order chi connectivity index (χ0) is 14.0. The van der Waals surface area contributed by atoms with Crippen LogP contribution in [0.5, 0.6) is 0 Å². The predicted octanol–water partition coefficient (Wildman–Crippen LogP) is 2.50. The average molecular weight is 260 g/mol. The quantitative estimate of drug-likeness (QED) is 0.677.